The lowest BCUT2D eigenvalue weighted by Gasteiger charge is -2.26. The summed E-state index contributed by atoms with van der Waals surface area (Å²) < 4.78 is 43.6. The number of halogens is 3. The Morgan fingerprint density at radius 3 is 2.32 bits per heavy atom. The molecular formula is C13H16F3NO2. The topological polar surface area (TPSA) is 38.3 Å². The van der Waals surface area contributed by atoms with Crippen molar-refractivity contribution < 1.29 is 22.7 Å². The van der Waals surface area contributed by atoms with Gasteiger partial charge in [-0.05, 0) is 12.0 Å². The zero-order valence-corrected chi connectivity index (χ0v) is 10.7. The fourth-order valence-electron chi connectivity index (χ4n) is 1.72. The number of carbonyl (C=O) groups excluding carboxylic acids is 1. The number of methoxy groups -OCH3 is 1. The molecular weight excluding hydrogens is 259 g/mol. The Bertz CT molecular complexity index is 406. The van der Waals surface area contributed by atoms with Crippen LogP contribution < -0.4 is 5.32 Å². The van der Waals surface area contributed by atoms with Crippen LogP contribution in [0.15, 0.2) is 30.3 Å². The van der Waals surface area contributed by atoms with Gasteiger partial charge >= 0.3 is 12.1 Å². The molecule has 1 aromatic carbocycles. The molecule has 1 rings (SSSR count). The second-order valence-electron chi connectivity index (χ2n) is 4.04. The van der Waals surface area contributed by atoms with Crippen LogP contribution in [0.4, 0.5) is 13.2 Å². The number of benzene rings is 1. The van der Waals surface area contributed by atoms with Crippen molar-refractivity contribution in [1.29, 1.82) is 0 Å². The molecule has 0 fully saturated rings. The van der Waals surface area contributed by atoms with Gasteiger partial charge in [-0.25, -0.2) is 0 Å². The molecule has 0 heterocycles. The van der Waals surface area contributed by atoms with Gasteiger partial charge in [0.15, 0.2) is 0 Å². The molecule has 0 amide bonds. The molecule has 106 valence electrons. The number of alkyl halides is 3. The molecule has 2 atom stereocenters. The molecule has 0 saturated carbocycles. The third-order valence-corrected chi connectivity index (χ3v) is 2.72. The van der Waals surface area contributed by atoms with Crippen molar-refractivity contribution in [1.82, 2.24) is 5.32 Å². The standard InChI is InChI=1S/C13H16F3NO2/c1-3-10(12(18)19-2)17-11(13(14,15)16)9-7-5-4-6-8-9/h4-8,10-11,17H,3H2,1-2H3/t10-,11-/m0/s1. The number of rotatable bonds is 5. The summed E-state index contributed by atoms with van der Waals surface area (Å²) in [6, 6.07) is 4.54. The van der Waals surface area contributed by atoms with Crippen molar-refractivity contribution in [2.24, 2.45) is 0 Å². The molecule has 19 heavy (non-hydrogen) atoms. The van der Waals surface area contributed by atoms with Crippen molar-refractivity contribution in [3.8, 4) is 0 Å². The van der Waals surface area contributed by atoms with Gasteiger partial charge in [0, 0.05) is 0 Å². The Kier molecular flexibility index (Phi) is 5.35. The summed E-state index contributed by atoms with van der Waals surface area (Å²) in [7, 11) is 1.15. The van der Waals surface area contributed by atoms with Crippen LogP contribution in [0.2, 0.25) is 0 Å². The molecule has 1 aromatic rings. The van der Waals surface area contributed by atoms with Crippen LogP contribution in [0.25, 0.3) is 0 Å². The van der Waals surface area contributed by atoms with Crippen LogP contribution in [0.1, 0.15) is 24.9 Å². The van der Waals surface area contributed by atoms with Gasteiger partial charge in [0.2, 0.25) is 0 Å². The minimum Gasteiger partial charge on any atom is -0.468 e. The highest BCUT2D eigenvalue weighted by Crippen LogP contribution is 2.33. The zero-order chi connectivity index (χ0) is 14.5. The van der Waals surface area contributed by atoms with Crippen molar-refractivity contribution in [3.05, 3.63) is 35.9 Å². The Labute approximate surface area is 109 Å². The van der Waals surface area contributed by atoms with Crippen LogP contribution in [0.3, 0.4) is 0 Å². The normalized spacial score (nSPS) is 14.8. The fraction of sp³-hybridized carbons (Fsp3) is 0.462. The lowest BCUT2D eigenvalue weighted by Crippen LogP contribution is -2.44. The van der Waals surface area contributed by atoms with Crippen LogP contribution in [-0.2, 0) is 9.53 Å². The highest BCUT2D eigenvalue weighted by atomic mass is 19.4. The maximum absolute atomic E-state index is 13.1. The van der Waals surface area contributed by atoms with Gasteiger partial charge in [0.25, 0.3) is 0 Å². The van der Waals surface area contributed by atoms with E-state index in [2.05, 4.69) is 10.1 Å². The highest BCUT2D eigenvalue weighted by molar-refractivity contribution is 5.75. The highest BCUT2D eigenvalue weighted by Gasteiger charge is 2.42. The van der Waals surface area contributed by atoms with E-state index >= 15 is 0 Å². The second-order valence-corrected chi connectivity index (χ2v) is 4.04. The van der Waals surface area contributed by atoms with Crippen LogP contribution >= 0.6 is 0 Å². The third-order valence-electron chi connectivity index (χ3n) is 2.72. The SMILES string of the molecule is CC[C@H](N[C@@H](c1ccccc1)C(F)(F)F)C(=O)OC. The van der Waals surface area contributed by atoms with E-state index in [0.29, 0.717) is 0 Å². The van der Waals surface area contributed by atoms with Crippen LogP contribution in [0.5, 0.6) is 0 Å². The Balaban J connectivity index is 2.97. The van der Waals surface area contributed by atoms with Crippen molar-refractivity contribution >= 4 is 5.97 Å². The molecule has 0 unspecified atom stereocenters. The Morgan fingerprint density at radius 1 is 1.32 bits per heavy atom. The fourth-order valence-corrected chi connectivity index (χ4v) is 1.72. The summed E-state index contributed by atoms with van der Waals surface area (Å²) in [5.41, 5.74) is 0.0670. The quantitative estimate of drug-likeness (QED) is 0.840. The lowest BCUT2D eigenvalue weighted by molar-refractivity contribution is -0.164. The van der Waals surface area contributed by atoms with Crippen LogP contribution in [-0.4, -0.2) is 25.3 Å². The maximum Gasteiger partial charge on any atom is 0.407 e. The van der Waals surface area contributed by atoms with Gasteiger partial charge in [-0.15, -0.1) is 0 Å². The molecule has 0 aromatic heterocycles. The smallest absolute Gasteiger partial charge is 0.407 e. The van der Waals surface area contributed by atoms with Gasteiger partial charge < -0.3 is 4.74 Å². The molecule has 0 radical (unpaired) electrons. The van der Waals surface area contributed by atoms with E-state index in [1.165, 1.54) is 24.3 Å². The van der Waals surface area contributed by atoms with Gasteiger partial charge in [-0.2, -0.15) is 13.2 Å². The molecule has 0 bridgehead atoms. The minimum atomic E-state index is -4.48. The molecule has 6 heteroatoms. The lowest BCUT2D eigenvalue weighted by atomic mass is 10.0. The first-order chi connectivity index (χ1) is 8.90. The second kappa shape index (κ2) is 6.56. The summed E-state index contributed by atoms with van der Waals surface area (Å²) in [4.78, 5) is 11.4. The Morgan fingerprint density at radius 2 is 1.89 bits per heavy atom. The average Bonchev–Trinajstić information content (AvgIpc) is 2.38. The number of hydrogen-bond acceptors (Lipinski definition) is 3. The summed E-state index contributed by atoms with van der Waals surface area (Å²) in [6.07, 6.45) is -4.27. The average molecular weight is 275 g/mol. The number of esters is 1. The number of nitrogens with one attached hydrogen (secondary N) is 1. The van der Waals surface area contributed by atoms with E-state index in [-0.39, 0.29) is 12.0 Å². The first-order valence-corrected chi connectivity index (χ1v) is 5.85. The molecule has 0 spiro atoms. The zero-order valence-electron chi connectivity index (χ0n) is 10.7. The summed E-state index contributed by atoms with van der Waals surface area (Å²) in [5.74, 6) is -0.701. The van der Waals surface area contributed by atoms with E-state index in [4.69, 9.17) is 0 Å². The first kappa shape index (κ1) is 15.5. The Hall–Kier alpha value is -1.56. The van der Waals surface area contributed by atoms with Gasteiger partial charge in [-0.1, -0.05) is 37.3 Å². The van der Waals surface area contributed by atoms with Gasteiger partial charge in [0.05, 0.1) is 7.11 Å². The van der Waals surface area contributed by atoms with Gasteiger partial charge in [0.1, 0.15) is 12.1 Å². The van der Waals surface area contributed by atoms with Crippen molar-refractivity contribution in [2.75, 3.05) is 7.11 Å². The molecule has 3 nitrogen and oxygen atoms in total. The number of carbonyl (C=O) groups is 1. The van der Waals surface area contributed by atoms with Gasteiger partial charge in [-0.3, -0.25) is 10.1 Å². The van der Waals surface area contributed by atoms with E-state index in [1.54, 1.807) is 13.0 Å². The maximum atomic E-state index is 13.1. The van der Waals surface area contributed by atoms with Crippen LogP contribution in [0, 0.1) is 0 Å². The molecule has 0 aliphatic carbocycles. The predicted molar refractivity (Wildman–Crippen MR) is 64.5 cm³/mol. The molecule has 1 N–H and O–H groups in total. The van der Waals surface area contributed by atoms with E-state index in [0.717, 1.165) is 7.11 Å². The van der Waals surface area contributed by atoms with Crippen molar-refractivity contribution in [3.63, 3.8) is 0 Å². The van der Waals surface area contributed by atoms with E-state index < -0.39 is 24.2 Å². The monoisotopic (exact) mass is 275 g/mol. The number of hydrogen-bond donors (Lipinski definition) is 1. The summed E-state index contributed by atoms with van der Waals surface area (Å²) in [5, 5.41) is 2.31. The predicted octanol–water partition coefficient (Wildman–Crippen LogP) is 2.83. The largest absolute Gasteiger partial charge is 0.468 e. The van der Waals surface area contributed by atoms with Crippen molar-refractivity contribution in [2.45, 2.75) is 31.6 Å². The summed E-state index contributed by atoms with van der Waals surface area (Å²) >= 11 is 0. The first-order valence-electron chi connectivity index (χ1n) is 5.85. The molecule has 0 saturated heterocycles. The van der Waals surface area contributed by atoms with E-state index in [9.17, 15) is 18.0 Å². The minimum absolute atomic E-state index is 0.0670. The van der Waals surface area contributed by atoms with E-state index in [1.807, 2.05) is 0 Å². The summed E-state index contributed by atoms with van der Waals surface area (Å²) in [6.45, 7) is 1.62. The third kappa shape index (κ3) is 4.24. The molecule has 0 aliphatic heterocycles. The molecule has 0 aliphatic rings. The number of ether oxygens (including phenoxy) is 1.